The van der Waals surface area contributed by atoms with Gasteiger partial charge in [-0.15, -0.1) is 0 Å². The van der Waals surface area contributed by atoms with Gasteiger partial charge in [0.05, 0.1) is 23.3 Å². The number of rotatable bonds is 8. The first-order chi connectivity index (χ1) is 15.1. The van der Waals surface area contributed by atoms with Gasteiger partial charge in [0, 0.05) is 12.1 Å². The second-order valence-corrected chi connectivity index (χ2v) is 8.85. The van der Waals surface area contributed by atoms with E-state index in [1.54, 1.807) is 19.1 Å². The van der Waals surface area contributed by atoms with Crippen molar-refractivity contribution in [1.29, 1.82) is 0 Å². The van der Waals surface area contributed by atoms with Crippen LogP contribution in [0.1, 0.15) is 32.8 Å². The first kappa shape index (κ1) is 23.6. The lowest BCUT2D eigenvalue weighted by Gasteiger charge is -2.11. The fourth-order valence-corrected chi connectivity index (χ4v) is 3.97. The molecule has 1 heterocycles. The summed E-state index contributed by atoms with van der Waals surface area (Å²) in [7, 11) is -3.87. The molecule has 3 rings (SSSR count). The minimum Gasteiger partial charge on any atom is -0.468 e. The van der Waals surface area contributed by atoms with Gasteiger partial charge in [-0.25, -0.2) is 13.1 Å². The molecule has 0 saturated heterocycles. The number of amides is 1. The monoisotopic (exact) mass is 466 g/mol. The number of hydrogen-bond donors (Lipinski definition) is 2. The Bertz CT molecular complexity index is 1170. The number of carbonyl (C=O) groups is 1. The maximum absolute atomic E-state index is 12.6. The van der Waals surface area contributed by atoms with Gasteiger partial charge >= 0.3 is 6.18 Å². The van der Waals surface area contributed by atoms with Crippen molar-refractivity contribution in [1.82, 2.24) is 10.0 Å². The van der Waals surface area contributed by atoms with E-state index in [2.05, 4.69) is 10.0 Å². The molecule has 2 N–H and O–H groups in total. The van der Waals surface area contributed by atoms with Gasteiger partial charge < -0.3 is 9.73 Å². The maximum Gasteiger partial charge on any atom is 0.416 e. The van der Waals surface area contributed by atoms with Crippen LogP contribution in [0.4, 0.5) is 13.2 Å². The van der Waals surface area contributed by atoms with Crippen LogP contribution in [-0.4, -0.2) is 20.9 Å². The molecule has 0 saturated carbocycles. The SMILES string of the molecule is Cc1ccc(S(=O)(=O)NCc2ccco2)cc1C(=O)NCCc1ccc(C(F)(F)F)cc1. The molecule has 0 unspecified atom stereocenters. The summed E-state index contributed by atoms with van der Waals surface area (Å²) in [6, 6.07) is 12.2. The highest BCUT2D eigenvalue weighted by Gasteiger charge is 2.29. The van der Waals surface area contributed by atoms with Crippen LogP contribution >= 0.6 is 0 Å². The zero-order valence-electron chi connectivity index (χ0n) is 17.1. The molecule has 32 heavy (non-hydrogen) atoms. The second-order valence-electron chi connectivity index (χ2n) is 7.08. The lowest BCUT2D eigenvalue weighted by molar-refractivity contribution is -0.137. The van der Waals surface area contributed by atoms with Gasteiger partial charge in [0.25, 0.3) is 5.91 Å². The molecular weight excluding hydrogens is 445 g/mol. The van der Waals surface area contributed by atoms with Crippen LogP contribution < -0.4 is 10.0 Å². The molecule has 0 aliphatic rings. The number of alkyl halides is 3. The summed E-state index contributed by atoms with van der Waals surface area (Å²) in [4.78, 5) is 12.5. The lowest BCUT2D eigenvalue weighted by Crippen LogP contribution is -2.27. The van der Waals surface area contributed by atoms with E-state index in [1.807, 2.05) is 0 Å². The van der Waals surface area contributed by atoms with E-state index in [4.69, 9.17) is 4.42 Å². The predicted molar refractivity (Wildman–Crippen MR) is 111 cm³/mol. The quantitative estimate of drug-likeness (QED) is 0.524. The molecule has 0 bridgehead atoms. The largest absolute Gasteiger partial charge is 0.468 e. The van der Waals surface area contributed by atoms with Crippen molar-refractivity contribution in [3.8, 4) is 0 Å². The molecule has 10 heteroatoms. The summed E-state index contributed by atoms with van der Waals surface area (Å²) in [5.74, 6) is -0.0283. The minimum atomic E-state index is -4.40. The lowest BCUT2D eigenvalue weighted by atomic mass is 10.1. The van der Waals surface area contributed by atoms with E-state index < -0.39 is 27.7 Å². The van der Waals surface area contributed by atoms with Gasteiger partial charge in [-0.2, -0.15) is 13.2 Å². The first-order valence-corrected chi connectivity index (χ1v) is 11.1. The van der Waals surface area contributed by atoms with Crippen molar-refractivity contribution in [2.45, 2.75) is 31.0 Å². The van der Waals surface area contributed by atoms with Crippen molar-refractivity contribution in [3.05, 3.63) is 88.9 Å². The van der Waals surface area contributed by atoms with Crippen LogP contribution in [0.15, 0.2) is 70.2 Å². The third-order valence-corrected chi connectivity index (χ3v) is 6.16. The number of nitrogens with one attached hydrogen (secondary N) is 2. The third-order valence-electron chi connectivity index (χ3n) is 4.76. The van der Waals surface area contributed by atoms with Crippen LogP contribution in [0.25, 0.3) is 0 Å². The molecular formula is C22H21F3N2O4S. The van der Waals surface area contributed by atoms with Crippen molar-refractivity contribution < 1.29 is 30.8 Å². The van der Waals surface area contributed by atoms with Crippen LogP contribution in [0, 0.1) is 6.92 Å². The molecule has 0 fully saturated rings. The van der Waals surface area contributed by atoms with E-state index in [1.165, 1.54) is 36.6 Å². The Morgan fingerprint density at radius 2 is 1.78 bits per heavy atom. The van der Waals surface area contributed by atoms with Gasteiger partial charge in [0.15, 0.2) is 0 Å². The molecule has 0 aliphatic heterocycles. The Labute approximate surface area is 183 Å². The van der Waals surface area contributed by atoms with Crippen molar-refractivity contribution in [2.75, 3.05) is 6.54 Å². The molecule has 2 aromatic carbocycles. The molecule has 6 nitrogen and oxygen atoms in total. The fraction of sp³-hybridized carbons (Fsp3) is 0.227. The number of furan rings is 1. The predicted octanol–water partition coefficient (Wildman–Crippen LogP) is 4.06. The number of aryl methyl sites for hydroxylation is 1. The molecule has 0 radical (unpaired) electrons. The molecule has 0 spiro atoms. The molecule has 1 aromatic heterocycles. The number of sulfonamides is 1. The smallest absolute Gasteiger partial charge is 0.416 e. The van der Waals surface area contributed by atoms with E-state index >= 15 is 0 Å². The average Bonchev–Trinajstić information content (AvgIpc) is 3.26. The van der Waals surface area contributed by atoms with Gasteiger partial charge in [-0.3, -0.25) is 4.79 Å². The minimum absolute atomic E-state index is 0.0299. The zero-order valence-corrected chi connectivity index (χ0v) is 17.9. The van der Waals surface area contributed by atoms with Crippen LogP contribution in [0.3, 0.4) is 0 Å². The average molecular weight is 466 g/mol. The van der Waals surface area contributed by atoms with E-state index in [0.717, 1.165) is 12.1 Å². The Morgan fingerprint density at radius 1 is 1.06 bits per heavy atom. The normalized spacial score (nSPS) is 12.0. The number of halogens is 3. The summed E-state index contributed by atoms with van der Waals surface area (Å²) in [5, 5.41) is 2.67. The second kappa shape index (κ2) is 9.58. The van der Waals surface area contributed by atoms with E-state index in [0.29, 0.717) is 23.3 Å². The molecule has 0 aliphatic carbocycles. The molecule has 170 valence electrons. The highest BCUT2D eigenvalue weighted by Crippen LogP contribution is 2.29. The van der Waals surface area contributed by atoms with Crippen molar-refractivity contribution >= 4 is 15.9 Å². The van der Waals surface area contributed by atoms with Crippen LogP contribution in [0.2, 0.25) is 0 Å². The summed E-state index contributed by atoms with van der Waals surface area (Å²) < 4.78 is 70.5. The van der Waals surface area contributed by atoms with Crippen molar-refractivity contribution in [2.24, 2.45) is 0 Å². The van der Waals surface area contributed by atoms with Crippen LogP contribution in [0.5, 0.6) is 0 Å². The highest BCUT2D eigenvalue weighted by molar-refractivity contribution is 7.89. The summed E-state index contributed by atoms with van der Waals surface area (Å²) in [5.41, 5.74) is 0.674. The summed E-state index contributed by atoms with van der Waals surface area (Å²) in [6.07, 6.45) is -2.64. The summed E-state index contributed by atoms with van der Waals surface area (Å²) in [6.45, 7) is 1.83. The fourth-order valence-electron chi connectivity index (χ4n) is 2.95. The Hall–Kier alpha value is -3.11. The third kappa shape index (κ3) is 5.98. The first-order valence-electron chi connectivity index (χ1n) is 9.63. The van der Waals surface area contributed by atoms with Gasteiger partial charge in [0.2, 0.25) is 10.0 Å². The standard InChI is InChI=1S/C22H21F3N2O4S/c1-15-4-9-19(32(29,30)27-14-18-3-2-12-31-18)13-20(15)21(28)26-11-10-16-5-7-17(8-6-16)22(23,24)25/h2-9,12-13,27H,10-11,14H2,1H3,(H,26,28). The maximum atomic E-state index is 12.6. The Kier molecular flexibility index (Phi) is 7.05. The molecule has 0 atom stereocenters. The Morgan fingerprint density at radius 3 is 2.41 bits per heavy atom. The number of benzene rings is 2. The molecule has 1 amide bonds. The summed E-state index contributed by atoms with van der Waals surface area (Å²) >= 11 is 0. The van der Waals surface area contributed by atoms with Gasteiger partial charge in [0.1, 0.15) is 5.76 Å². The zero-order chi connectivity index (χ0) is 23.4. The topological polar surface area (TPSA) is 88.4 Å². The molecule has 3 aromatic rings. The number of carbonyl (C=O) groups excluding carboxylic acids is 1. The Balaban J connectivity index is 1.62. The van der Waals surface area contributed by atoms with Crippen molar-refractivity contribution in [3.63, 3.8) is 0 Å². The van der Waals surface area contributed by atoms with Gasteiger partial charge in [-0.1, -0.05) is 18.2 Å². The number of hydrogen-bond acceptors (Lipinski definition) is 4. The van der Waals surface area contributed by atoms with Gasteiger partial charge in [-0.05, 0) is 60.9 Å². The highest BCUT2D eigenvalue weighted by atomic mass is 32.2. The van der Waals surface area contributed by atoms with Crippen LogP contribution in [-0.2, 0) is 29.2 Å². The van der Waals surface area contributed by atoms with E-state index in [-0.39, 0.29) is 23.5 Å². The van der Waals surface area contributed by atoms with E-state index in [9.17, 15) is 26.4 Å².